The van der Waals surface area contributed by atoms with Gasteiger partial charge < -0.3 is 25.2 Å². The van der Waals surface area contributed by atoms with Crippen molar-refractivity contribution in [2.75, 3.05) is 32.5 Å². The summed E-state index contributed by atoms with van der Waals surface area (Å²) in [6.07, 6.45) is 1.75. The molecule has 1 aliphatic carbocycles. The van der Waals surface area contributed by atoms with Crippen LogP contribution in [0.4, 0.5) is 5.69 Å². The number of aliphatic hydroxyl groups is 1. The molecule has 0 aromatic heterocycles. The van der Waals surface area contributed by atoms with Gasteiger partial charge in [0.05, 0.1) is 6.10 Å². The second-order valence-corrected chi connectivity index (χ2v) is 5.88. The van der Waals surface area contributed by atoms with Crippen LogP contribution in [0, 0.1) is 5.92 Å². The van der Waals surface area contributed by atoms with E-state index < -0.39 is 0 Å². The van der Waals surface area contributed by atoms with Crippen molar-refractivity contribution >= 4 is 5.69 Å². The maximum absolute atomic E-state index is 9.33. The van der Waals surface area contributed by atoms with Crippen molar-refractivity contribution in [2.24, 2.45) is 5.92 Å². The molecule has 5 heteroatoms. The molecule has 1 saturated carbocycles. The van der Waals surface area contributed by atoms with Gasteiger partial charge in [0.25, 0.3) is 0 Å². The van der Waals surface area contributed by atoms with Gasteiger partial charge in [-0.05, 0) is 37.4 Å². The van der Waals surface area contributed by atoms with Crippen molar-refractivity contribution in [3.63, 3.8) is 0 Å². The number of hydrogen-bond acceptors (Lipinski definition) is 5. The third-order valence-electron chi connectivity index (χ3n) is 4.02. The molecule has 0 saturated heterocycles. The van der Waals surface area contributed by atoms with Gasteiger partial charge in [0.2, 0.25) is 0 Å². The molecule has 1 aromatic carbocycles. The van der Waals surface area contributed by atoms with Crippen molar-refractivity contribution in [2.45, 2.75) is 25.5 Å². The maximum atomic E-state index is 9.33. The standard InChI is InChI=1S/C15H22N2O3/c1-17(8-10-4-12(18)5-10)9-11-6-14-15(7-13(11)16)20-3-2-19-14/h6-7,10,12,18H,2-5,8-9,16H2,1H3. The van der Waals surface area contributed by atoms with E-state index in [2.05, 4.69) is 11.9 Å². The molecule has 110 valence electrons. The number of hydrogen-bond donors (Lipinski definition) is 2. The molecule has 5 nitrogen and oxygen atoms in total. The normalized spacial score (nSPS) is 24.6. The zero-order chi connectivity index (χ0) is 14.1. The van der Waals surface area contributed by atoms with E-state index in [1.54, 1.807) is 0 Å². The zero-order valence-electron chi connectivity index (χ0n) is 11.8. The number of benzene rings is 1. The highest BCUT2D eigenvalue weighted by Gasteiger charge is 2.28. The number of nitrogens with two attached hydrogens (primary N) is 1. The Morgan fingerprint density at radius 3 is 2.55 bits per heavy atom. The minimum atomic E-state index is -0.0900. The molecule has 0 bridgehead atoms. The van der Waals surface area contributed by atoms with Crippen LogP contribution in [0.15, 0.2) is 12.1 Å². The minimum Gasteiger partial charge on any atom is -0.486 e. The van der Waals surface area contributed by atoms with Gasteiger partial charge in [0.1, 0.15) is 13.2 Å². The van der Waals surface area contributed by atoms with Gasteiger partial charge in [-0.3, -0.25) is 0 Å². The van der Waals surface area contributed by atoms with Crippen molar-refractivity contribution in [3.8, 4) is 11.5 Å². The molecule has 2 aliphatic rings. The van der Waals surface area contributed by atoms with Crippen LogP contribution in [0.25, 0.3) is 0 Å². The van der Waals surface area contributed by atoms with Crippen molar-refractivity contribution < 1.29 is 14.6 Å². The van der Waals surface area contributed by atoms with E-state index in [1.165, 1.54) is 0 Å². The lowest BCUT2D eigenvalue weighted by Crippen LogP contribution is -2.36. The summed E-state index contributed by atoms with van der Waals surface area (Å²) in [5, 5.41) is 9.33. The molecular formula is C15H22N2O3. The van der Waals surface area contributed by atoms with Crippen molar-refractivity contribution in [1.82, 2.24) is 4.90 Å². The monoisotopic (exact) mass is 278 g/mol. The lowest BCUT2D eigenvalue weighted by molar-refractivity contribution is 0.0274. The smallest absolute Gasteiger partial charge is 0.163 e. The van der Waals surface area contributed by atoms with Gasteiger partial charge in [0, 0.05) is 24.8 Å². The first-order chi connectivity index (χ1) is 9.61. The Kier molecular flexibility index (Phi) is 3.72. The molecule has 1 aliphatic heterocycles. The number of nitrogen functional groups attached to an aromatic ring is 1. The highest BCUT2D eigenvalue weighted by Crippen LogP contribution is 2.35. The molecule has 0 spiro atoms. The summed E-state index contributed by atoms with van der Waals surface area (Å²) >= 11 is 0. The Morgan fingerprint density at radius 2 is 1.90 bits per heavy atom. The van der Waals surface area contributed by atoms with E-state index >= 15 is 0 Å². The molecule has 0 atom stereocenters. The highest BCUT2D eigenvalue weighted by atomic mass is 16.6. The largest absolute Gasteiger partial charge is 0.486 e. The minimum absolute atomic E-state index is 0.0900. The highest BCUT2D eigenvalue weighted by molar-refractivity contribution is 5.58. The SMILES string of the molecule is CN(Cc1cc2c(cc1N)OCCO2)CC1CC(O)C1. The first kappa shape index (κ1) is 13.5. The maximum Gasteiger partial charge on any atom is 0.163 e. The predicted molar refractivity (Wildman–Crippen MR) is 76.9 cm³/mol. The number of nitrogens with zero attached hydrogens (tertiary/aromatic N) is 1. The first-order valence-electron chi connectivity index (χ1n) is 7.16. The second kappa shape index (κ2) is 5.50. The fraction of sp³-hybridized carbons (Fsp3) is 0.600. The number of aliphatic hydroxyl groups excluding tert-OH is 1. The Balaban J connectivity index is 1.64. The average molecular weight is 278 g/mol. The van der Waals surface area contributed by atoms with Gasteiger partial charge in [-0.1, -0.05) is 0 Å². The zero-order valence-corrected chi connectivity index (χ0v) is 11.8. The number of ether oxygens (including phenoxy) is 2. The second-order valence-electron chi connectivity index (χ2n) is 5.88. The Bertz CT molecular complexity index is 486. The third kappa shape index (κ3) is 2.83. The molecule has 1 fully saturated rings. The summed E-state index contributed by atoms with van der Waals surface area (Å²) < 4.78 is 11.1. The summed E-state index contributed by atoms with van der Waals surface area (Å²) in [6.45, 7) is 2.95. The Morgan fingerprint density at radius 1 is 1.25 bits per heavy atom. The summed E-state index contributed by atoms with van der Waals surface area (Å²) in [4.78, 5) is 2.25. The van der Waals surface area contributed by atoms with E-state index in [1.807, 2.05) is 12.1 Å². The number of fused-ring (bicyclic) bond motifs is 1. The number of anilines is 1. The van der Waals surface area contributed by atoms with Crippen LogP contribution < -0.4 is 15.2 Å². The Labute approximate surface area is 119 Å². The first-order valence-corrected chi connectivity index (χ1v) is 7.16. The van der Waals surface area contributed by atoms with Crippen LogP contribution >= 0.6 is 0 Å². The molecule has 20 heavy (non-hydrogen) atoms. The molecule has 0 unspecified atom stereocenters. The molecule has 1 aromatic rings. The lowest BCUT2D eigenvalue weighted by Gasteiger charge is -2.34. The van der Waals surface area contributed by atoms with Gasteiger partial charge in [0.15, 0.2) is 11.5 Å². The topological polar surface area (TPSA) is 68.0 Å². The summed E-state index contributed by atoms with van der Waals surface area (Å²) in [7, 11) is 2.08. The quantitative estimate of drug-likeness (QED) is 0.811. The van der Waals surface area contributed by atoms with Crippen molar-refractivity contribution in [1.29, 1.82) is 0 Å². The van der Waals surface area contributed by atoms with E-state index in [4.69, 9.17) is 15.2 Å². The predicted octanol–water partition coefficient (Wildman–Crippen LogP) is 1.24. The van der Waals surface area contributed by atoms with E-state index in [-0.39, 0.29) is 6.10 Å². The van der Waals surface area contributed by atoms with E-state index in [9.17, 15) is 5.11 Å². The van der Waals surface area contributed by atoms with Gasteiger partial charge in [-0.25, -0.2) is 0 Å². The average Bonchev–Trinajstić information content (AvgIpc) is 2.38. The van der Waals surface area contributed by atoms with Crippen LogP contribution in [0.1, 0.15) is 18.4 Å². The Hall–Kier alpha value is -1.46. The number of rotatable bonds is 4. The van der Waals surface area contributed by atoms with Crippen LogP contribution in [-0.4, -0.2) is 42.9 Å². The molecule has 3 N–H and O–H groups in total. The van der Waals surface area contributed by atoms with Crippen LogP contribution in [0.2, 0.25) is 0 Å². The van der Waals surface area contributed by atoms with Crippen LogP contribution in [0.5, 0.6) is 11.5 Å². The van der Waals surface area contributed by atoms with Gasteiger partial charge in [-0.15, -0.1) is 0 Å². The fourth-order valence-electron chi connectivity index (χ4n) is 2.93. The van der Waals surface area contributed by atoms with Gasteiger partial charge in [-0.2, -0.15) is 0 Å². The molecule has 1 heterocycles. The van der Waals surface area contributed by atoms with Crippen LogP contribution in [0.3, 0.4) is 0 Å². The molecule has 3 rings (SSSR count). The molecule has 0 radical (unpaired) electrons. The summed E-state index contributed by atoms with van der Waals surface area (Å²) in [5.74, 6) is 2.13. The third-order valence-corrected chi connectivity index (χ3v) is 4.02. The summed E-state index contributed by atoms with van der Waals surface area (Å²) in [5.41, 5.74) is 7.90. The summed E-state index contributed by atoms with van der Waals surface area (Å²) in [6, 6.07) is 3.83. The van der Waals surface area contributed by atoms with Crippen molar-refractivity contribution in [3.05, 3.63) is 17.7 Å². The van der Waals surface area contributed by atoms with Crippen LogP contribution in [-0.2, 0) is 6.54 Å². The lowest BCUT2D eigenvalue weighted by atomic mass is 9.82. The molecular weight excluding hydrogens is 256 g/mol. The van der Waals surface area contributed by atoms with Gasteiger partial charge >= 0.3 is 0 Å². The fourth-order valence-corrected chi connectivity index (χ4v) is 2.93. The van der Waals surface area contributed by atoms with E-state index in [0.29, 0.717) is 19.1 Å². The molecule has 0 amide bonds. The van der Waals surface area contributed by atoms with E-state index in [0.717, 1.165) is 48.7 Å².